The highest BCUT2D eigenvalue weighted by Crippen LogP contribution is 2.51. The number of nitrogens with zero attached hydrogens (tertiary/aromatic N) is 2. The van der Waals surface area contributed by atoms with Crippen molar-refractivity contribution in [3.8, 4) is 27.9 Å². The first-order valence-corrected chi connectivity index (χ1v) is 16.2. The number of fused-ring (bicyclic) bond motifs is 8. The van der Waals surface area contributed by atoms with E-state index in [9.17, 15) is 0 Å². The molecule has 2 aromatic heterocycles. The van der Waals surface area contributed by atoms with Gasteiger partial charge in [-0.3, -0.25) is 0 Å². The molecule has 45 heavy (non-hydrogen) atoms. The van der Waals surface area contributed by atoms with E-state index in [-0.39, 0.29) is 0 Å². The quantitative estimate of drug-likeness (QED) is 0.199. The van der Waals surface area contributed by atoms with Crippen molar-refractivity contribution in [1.82, 2.24) is 4.57 Å². The van der Waals surface area contributed by atoms with Gasteiger partial charge in [-0.1, -0.05) is 103 Å². The Bertz CT molecular complexity index is 2530. The first kappa shape index (κ1) is 24.8. The van der Waals surface area contributed by atoms with Crippen LogP contribution in [-0.4, -0.2) is 4.57 Å². The molecule has 2 nitrogen and oxygen atoms in total. The molecule has 0 saturated carbocycles. The molecule has 3 heterocycles. The molecule has 0 unspecified atom stereocenters. The Morgan fingerprint density at radius 3 is 1.76 bits per heavy atom. The van der Waals surface area contributed by atoms with Crippen LogP contribution in [0.3, 0.4) is 0 Å². The number of thiophene rings is 1. The molecule has 7 aromatic carbocycles. The number of hydrogen-bond donors (Lipinski definition) is 0. The van der Waals surface area contributed by atoms with Gasteiger partial charge in [-0.2, -0.15) is 0 Å². The molecule has 10 rings (SSSR count). The lowest BCUT2D eigenvalue weighted by atomic mass is 9.97. The summed E-state index contributed by atoms with van der Waals surface area (Å²) in [4.78, 5) is 2.47. The van der Waals surface area contributed by atoms with Gasteiger partial charge in [-0.05, 0) is 76.9 Å². The molecule has 210 valence electrons. The van der Waals surface area contributed by atoms with E-state index in [1.54, 1.807) is 0 Å². The molecule has 1 aliphatic rings. The smallest absolute Gasteiger partial charge is 0.0783 e. The molecule has 0 amide bonds. The van der Waals surface area contributed by atoms with Crippen molar-refractivity contribution in [1.29, 1.82) is 0 Å². The summed E-state index contributed by atoms with van der Waals surface area (Å²) in [6.07, 6.45) is 0. The van der Waals surface area contributed by atoms with E-state index in [1.165, 1.54) is 81.3 Å². The highest BCUT2D eigenvalue weighted by atomic mass is 32.1. The van der Waals surface area contributed by atoms with Crippen LogP contribution in [0.1, 0.15) is 0 Å². The predicted octanol–water partition coefficient (Wildman–Crippen LogP) is 12.3. The van der Waals surface area contributed by atoms with Crippen molar-refractivity contribution < 1.29 is 0 Å². The third-order valence-electron chi connectivity index (χ3n) is 9.26. The fourth-order valence-electron chi connectivity index (χ4n) is 7.28. The van der Waals surface area contributed by atoms with Crippen LogP contribution in [-0.2, 0) is 0 Å². The average Bonchev–Trinajstić information content (AvgIpc) is 3.64. The summed E-state index contributed by atoms with van der Waals surface area (Å²) < 4.78 is 5.16. The standard InChI is InChI=1S/C42H26N2S/c1-3-12-27(13-4-1)29-22-30(28-14-5-2-6-15-28)24-31(23-29)43-36-18-8-9-19-37(36)44-39-26-41-35(32-16-7-10-21-40(32)45-41)25-34(39)33-17-11-20-38(43)42(33)44/h1-26H. The minimum absolute atomic E-state index is 1.15. The summed E-state index contributed by atoms with van der Waals surface area (Å²) in [6, 6.07) is 57.7. The van der Waals surface area contributed by atoms with Crippen molar-refractivity contribution in [2.24, 2.45) is 0 Å². The van der Waals surface area contributed by atoms with Crippen LogP contribution in [0.4, 0.5) is 17.1 Å². The maximum absolute atomic E-state index is 2.49. The molecular weight excluding hydrogens is 565 g/mol. The lowest BCUT2D eigenvalue weighted by molar-refractivity contribution is 1.11. The molecule has 3 heteroatoms. The lowest BCUT2D eigenvalue weighted by Gasteiger charge is -2.33. The zero-order valence-electron chi connectivity index (χ0n) is 24.3. The minimum atomic E-state index is 1.15. The first-order valence-electron chi connectivity index (χ1n) is 15.4. The Hall–Kier alpha value is -5.64. The van der Waals surface area contributed by atoms with Crippen LogP contribution in [0.25, 0.3) is 69.9 Å². The summed E-state index contributed by atoms with van der Waals surface area (Å²) in [5, 5.41) is 5.24. The number of hydrogen-bond acceptors (Lipinski definition) is 2. The van der Waals surface area contributed by atoms with Gasteiger partial charge in [0.05, 0.1) is 28.1 Å². The van der Waals surface area contributed by atoms with Crippen LogP contribution >= 0.6 is 11.3 Å². The molecule has 0 N–H and O–H groups in total. The minimum Gasteiger partial charge on any atom is -0.306 e. The maximum atomic E-state index is 2.49. The number of para-hydroxylation sites is 3. The van der Waals surface area contributed by atoms with E-state index < -0.39 is 0 Å². The summed E-state index contributed by atoms with van der Waals surface area (Å²) in [5.74, 6) is 0. The molecule has 0 bridgehead atoms. The highest BCUT2D eigenvalue weighted by Gasteiger charge is 2.29. The molecule has 1 aliphatic heterocycles. The zero-order valence-corrected chi connectivity index (χ0v) is 25.1. The van der Waals surface area contributed by atoms with Gasteiger partial charge in [0.2, 0.25) is 0 Å². The SMILES string of the molecule is c1ccc(-c2cc(-c3ccccc3)cc(N3c4ccccc4-n4c5cc6sc7ccccc7c6cc5c5cccc3c54)c2)cc1. The topological polar surface area (TPSA) is 8.17 Å². The van der Waals surface area contributed by atoms with Crippen LogP contribution < -0.4 is 4.90 Å². The van der Waals surface area contributed by atoms with Gasteiger partial charge in [-0.15, -0.1) is 11.3 Å². The fraction of sp³-hybridized carbons (Fsp3) is 0. The first-order chi connectivity index (χ1) is 22.3. The lowest BCUT2D eigenvalue weighted by Crippen LogP contribution is -2.18. The van der Waals surface area contributed by atoms with E-state index >= 15 is 0 Å². The Balaban J connectivity index is 1.29. The summed E-state index contributed by atoms with van der Waals surface area (Å²) >= 11 is 1.88. The predicted molar refractivity (Wildman–Crippen MR) is 193 cm³/mol. The van der Waals surface area contributed by atoms with E-state index in [0.717, 1.165) is 5.69 Å². The number of benzene rings is 7. The third-order valence-corrected chi connectivity index (χ3v) is 10.4. The monoisotopic (exact) mass is 590 g/mol. The van der Waals surface area contributed by atoms with Gasteiger partial charge >= 0.3 is 0 Å². The van der Waals surface area contributed by atoms with Crippen molar-refractivity contribution in [2.75, 3.05) is 4.90 Å². The Labute approximate surface area is 264 Å². The molecular formula is C42H26N2S. The van der Waals surface area contributed by atoms with Crippen molar-refractivity contribution in [3.63, 3.8) is 0 Å². The maximum Gasteiger partial charge on any atom is 0.0783 e. The van der Waals surface area contributed by atoms with Crippen LogP contribution in [0, 0.1) is 0 Å². The summed E-state index contributed by atoms with van der Waals surface area (Å²) in [5.41, 5.74) is 12.1. The molecule has 9 aromatic rings. The molecule has 0 radical (unpaired) electrons. The van der Waals surface area contributed by atoms with Gasteiger partial charge in [0.15, 0.2) is 0 Å². The third kappa shape index (κ3) is 3.62. The van der Waals surface area contributed by atoms with Gasteiger partial charge in [-0.25, -0.2) is 0 Å². The van der Waals surface area contributed by atoms with Gasteiger partial charge in [0.1, 0.15) is 0 Å². The molecule has 0 spiro atoms. The highest BCUT2D eigenvalue weighted by molar-refractivity contribution is 7.25. The van der Waals surface area contributed by atoms with Gasteiger partial charge in [0, 0.05) is 36.6 Å². The second-order valence-corrected chi connectivity index (χ2v) is 12.9. The van der Waals surface area contributed by atoms with Gasteiger partial charge in [0.25, 0.3) is 0 Å². The molecule has 0 saturated heterocycles. The van der Waals surface area contributed by atoms with Gasteiger partial charge < -0.3 is 9.47 Å². The average molecular weight is 591 g/mol. The Kier molecular flexibility index (Phi) is 5.19. The number of aromatic nitrogens is 1. The normalized spacial score (nSPS) is 12.4. The molecule has 0 fully saturated rings. The van der Waals surface area contributed by atoms with Crippen LogP contribution in [0.15, 0.2) is 158 Å². The van der Waals surface area contributed by atoms with Crippen molar-refractivity contribution in [2.45, 2.75) is 0 Å². The second kappa shape index (κ2) is 9.43. The fourth-order valence-corrected chi connectivity index (χ4v) is 8.40. The van der Waals surface area contributed by atoms with E-state index in [1.807, 2.05) is 11.3 Å². The Morgan fingerprint density at radius 1 is 0.378 bits per heavy atom. The Morgan fingerprint density at radius 2 is 1.00 bits per heavy atom. The summed E-state index contributed by atoms with van der Waals surface area (Å²) in [6.45, 7) is 0. The van der Waals surface area contributed by atoms with Crippen LogP contribution in [0.2, 0.25) is 0 Å². The van der Waals surface area contributed by atoms with E-state index in [0.29, 0.717) is 0 Å². The van der Waals surface area contributed by atoms with E-state index in [4.69, 9.17) is 0 Å². The van der Waals surface area contributed by atoms with Crippen molar-refractivity contribution >= 4 is 70.4 Å². The number of anilines is 3. The number of rotatable bonds is 3. The van der Waals surface area contributed by atoms with Crippen molar-refractivity contribution in [3.05, 3.63) is 158 Å². The van der Waals surface area contributed by atoms with E-state index in [2.05, 4.69) is 167 Å². The van der Waals surface area contributed by atoms with Crippen LogP contribution in [0.5, 0.6) is 0 Å². The summed E-state index contributed by atoms with van der Waals surface area (Å²) in [7, 11) is 0. The second-order valence-electron chi connectivity index (χ2n) is 11.8. The molecule has 0 atom stereocenters. The molecule has 0 aliphatic carbocycles. The largest absolute Gasteiger partial charge is 0.306 e. The zero-order chi connectivity index (χ0) is 29.5.